The summed E-state index contributed by atoms with van der Waals surface area (Å²) in [5.74, 6) is -6.44. The lowest BCUT2D eigenvalue weighted by molar-refractivity contribution is -0.160. The van der Waals surface area contributed by atoms with E-state index in [9.17, 15) is 34.8 Å². The van der Waals surface area contributed by atoms with E-state index in [1.54, 1.807) is 65.8 Å². The number of Topliss-reactive ketones (excluding diaryl/α,β-unsaturated/α-hetero) is 1. The molecule has 0 radical (unpaired) electrons. The monoisotopic (exact) mass is 846 g/mol. The number of ether oxygens (including phenoxy) is 4. The topological polar surface area (TPSA) is 209 Å². The number of phenolic OH excluding ortho intramolecular Hbond substituents is 2. The summed E-state index contributed by atoms with van der Waals surface area (Å²) in [5, 5.41) is 50.2. The molecular weight excluding hydrogens is 785 g/mol. The van der Waals surface area contributed by atoms with Crippen molar-refractivity contribution < 1.29 is 53.8 Å². The van der Waals surface area contributed by atoms with Gasteiger partial charge >= 0.3 is 11.8 Å². The van der Waals surface area contributed by atoms with Gasteiger partial charge < -0.3 is 49.6 Å². The lowest BCUT2D eigenvalue weighted by atomic mass is 9.78. The average molecular weight is 847 g/mol. The first-order valence-electron chi connectivity index (χ1n) is 21.2. The zero-order chi connectivity index (χ0) is 44.9. The van der Waals surface area contributed by atoms with Gasteiger partial charge in [-0.15, -0.1) is 0 Å². The number of aromatic hydroxyl groups is 2. The van der Waals surface area contributed by atoms with Crippen molar-refractivity contribution in [3.8, 4) is 17.2 Å². The van der Waals surface area contributed by atoms with Crippen LogP contribution >= 0.6 is 0 Å². The Morgan fingerprint density at radius 3 is 2.25 bits per heavy atom. The van der Waals surface area contributed by atoms with E-state index in [-0.39, 0.29) is 55.4 Å². The molecule has 4 aliphatic heterocycles. The first-order valence-corrected chi connectivity index (χ1v) is 21.2. The number of aliphatic hydroxyl groups excluding tert-OH is 2. The van der Waals surface area contributed by atoms with E-state index in [1.165, 1.54) is 27.2 Å². The molecule has 5 N–H and O–H groups in total. The van der Waals surface area contributed by atoms with E-state index < -0.39 is 82.9 Å². The highest BCUT2D eigenvalue weighted by atomic mass is 16.7. The zero-order valence-corrected chi connectivity index (χ0v) is 37.1. The Morgan fingerprint density at radius 2 is 1.62 bits per heavy atom. The third-order valence-corrected chi connectivity index (χ3v) is 12.9. The van der Waals surface area contributed by atoms with Crippen molar-refractivity contribution in [1.29, 1.82) is 0 Å². The van der Waals surface area contributed by atoms with Crippen LogP contribution in [0.5, 0.6) is 17.2 Å². The number of amides is 1. The number of methoxy groups -OCH3 is 1. The molecule has 2 aromatic carbocycles. The molecule has 0 unspecified atom stereocenters. The standard InChI is InChI=1S/C46H62N4O11/c1-22(2)21-50-18-16-46(17-19-50)48-34-31-32-39(54)28(8)42-33(31)43(56)45(10,61-42)59-20-15-30(58-11)25(5)41(60-29(9)51)27(7)38(53)26(6)37(52)23(3)13-12-14-24(4)44(57)47-36(40(32)55)35(34)49-46/h12-15,20,22-23,25-27,30,37-38,41,52-55H,16-19,21H2,1-11H3,(H,47,57)/b13-12-,20-15-,24-14-/t23-,25+,26+,27+,30-,37-,38+,41+,45+/m0/s1. The molecule has 4 bridgehead atoms. The summed E-state index contributed by atoms with van der Waals surface area (Å²) in [5.41, 5.74) is -0.572. The number of benzene rings is 2. The van der Waals surface area contributed by atoms with Crippen molar-refractivity contribution >= 4 is 34.1 Å². The number of anilines is 1. The fourth-order valence-electron chi connectivity index (χ4n) is 9.20. The number of carbonyl (C=O) groups excluding carboxylic acids is 3. The Kier molecular flexibility index (Phi) is 13.1. The number of rotatable bonds is 4. The Bertz CT molecular complexity index is 2300. The van der Waals surface area contributed by atoms with Crippen LogP contribution in [0.2, 0.25) is 0 Å². The van der Waals surface area contributed by atoms with Gasteiger partial charge in [0.05, 0.1) is 40.9 Å². The van der Waals surface area contributed by atoms with Gasteiger partial charge in [0.1, 0.15) is 28.6 Å². The summed E-state index contributed by atoms with van der Waals surface area (Å²) in [6, 6.07) is 0. The molecule has 332 valence electrons. The van der Waals surface area contributed by atoms with Crippen molar-refractivity contribution in [2.75, 3.05) is 32.1 Å². The fourth-order valence-corrected chi connectivity index (χ4v) is 9.20. The summed E-state index contributed by atoms with van der Waals surface area (Å²) in [4.78, 5) is 53.7. The Hall–Kier alpha value is -4.83. The molecular formula is C46H62N4O11. The van der Waals surface area contributed by atoms with Gasteiger partial charge in [-0.2, -0.15) is 0 Å². The average Bonchev–Trinajstić information content (AvgIpc) is 3.71. The van der Waals surface area contributed by atoms with Crippen molar-refractivity contribution in [3.63, 3.8) is 0 Å². The lowest BCUT2D eigenvalue weighted by Crippen LogP contribution is -2.46. The van der Waals surface area contributed by atoms with Crippen LogP contribution < -0.4 is 20.8 Å². The minimum Gasteiger partial charge on any atom is -0.507 e. The molecule has 4 heterocycles. The fraction of sp³-hybridized carbons (Fsp3) is 0.587. The largest absolute Gasteiger partial charge is 0.507 e. The molecule has 6 rings (SSSR count). The number of nitrogens with zero attached hydrogens (tertiary/aromatic N) is 3. The van der Waals surface area contributed by atoms with Crippen molar-refractivity contribution in [1.82, 2.24) is 4.90 Å². The molecule has 0 aromatic heterocycles. The van der Waals surface area contributed by atoms with Gasteiger partial charge in [-0.1, -0.05) is 59.8 Å². The summed E-state index contributed by atoms with van der Waals surface area (Å²) in [6.45, 7) is 19.5. The smallest absolute Gasteiger partial charge is 0.312 e. The number of esters is 1. The number of hydrogen-bond acceptors (Lipinski definition) is 14. The SMILES string of the molecule is CO[C@H]1/C=C\O[C@]2(C)Oc3c(C)c(O)c4c(O)c(c5c(c4c3C2=O)=NC2(CCN(CC(C)C)CC2)N=5)NC(=O)/C(C)=C\C=C/[C@H](C)[C@H](O)[C@@H](C)[C@@H](O)[C@@H](C)[C@H](OC(C)=O)[C@@H]1C. The molecule has 1 saturated heterocycles. The number of piperidine rings is 1. The Labute approximate surface area is 356 Å². The van der Waals surface area contributed by atoms with E-state index in [0.29, 0.717) is 31.8 Å². The molecule has 0 aliphatic carbocycles. The minimum atomic E-state index is -1.96. The maximum absolute atomic E-state index is 14.7. The highest BCUT2D eigenvalue weighted by molar-refractivity contribution is 6.19. The third kappa shape index (κ3) is 8.54. The molecule has 9 atom stereocenters. The predicted molar refractivity (Wildman–Crippen MR) is 228 cm³/mol. The molecule has 2 aromatic rings. The number of ketones is 1. The van der Waals surface area contributed by atoms with Crippen molar-refractivity contribution in [3.05, 3.63) is 58.0 Å². The number of aliphatic hydroxyl groups is 2. The van der Waals surface area contributed by atoms with Crippen LogP contribution in [0.1, 0.15) is 91.1 Å². The molecule has 1 fully saturated rings. The minimum absolute atomic E-state index is 0.0364. The van der Waals surface area contributed by atoms with Crippen LogP contribution in [0, 0.1) is 36.5 Å². The van der Waals surface area contributed by atoms with Crippen LogP contribution in [0.4, 0.5) is 5.69 Å². The zero-order valence-electron chi connectivity index (χ0n) is 37.1. The quantitative estimate of drug-likeness (QED) is 0.209. The van der Waals surface area contributed by atoms with E-state index in [0.717, 1.165) is 6.54 Å². The molecule has 1 amide bonds. The molecule has 0 saturated carbocycles. The van der Waals surface area contributed by atoms with Gasteiger partial charge in [0.15, 0.2) is 11.4 Å². The molecule has 15 heteroatoms. The highest BCUT2D eigenvalue weighted by Gasteiger charge is 2.50. The van der Waals surface area contributed by atoms with Gasteiger partial charge in [0.25, 0.3) is 11.7 Å². The number of likely N-dealkylation sites (tertiary alicyclic amines) is 1. The van der Waals surface area contributed by atoms with E-state index >= 15 is 0 Å². The predicted octanol–water partition coefficient (Wildman–Crippen LogP) is 4.75. The first-order chi connectivity index (χ1) is 28.6. The van der Waals surface area contributed by atoms with Gasteiger partial charge in [0, 0.05) is 93.6 Å². The van der Waals surface area contributed by atoms with Gasteiger partial charge in [-0.25, -0.2) is 0 Å². The maximum atomic E-state index is 14.7. The number of phenols is 2. The van der Waals surface area contributed by atoms with Crippen molar-refractivity contribution in [2.45, 2.75) is 118 Å². The van der Waals surface area contributed by atoms with E-state index in [2.05, 4.69) is 24.1 Å². The third-order valence-electron chi connectivity index (χ3n) is 12.9. The van der Waals surface area contributed by atoms with E-state index in [4.69, 9.17) is 28.9 Å². The molecule has 4 aliphatic rings. The summed E-state index contributed by atoms with van der Waals surface area (Å²) in [7, 11) is 1.47. The number of allylic oxidation sites excluding steroid dienone is 2. The molecule has 15 nitrogen and oxygen atoms in total. The number of nitrogens with one attached hydrogen (secondary N) is 1. The number of fused-ring (bicyclic) bond motifs is 1. The first kappa shape index (κ1) is 45.7. The van der Waals surface area contributed by atoms with Gasteiger partial charge in [-0.05, 0) is 25.8 Å². The number of carbonyl (C=O) groups is 3. The van der Waals surface area contributed by atoms with Crippen molar-refractivity contribution in [2.24, 2.45) is 39.6 Å². The summed E-state index contributed by atoms with van der Waals surface area (Å²) >= 11 is 0. The second-order valence-electron chi connectivity index (χ2n) is 18.0. The second-order valence-corrected chi connectivity index (χ2v) is 18.0. The van der Waals surface area contributed by atoms with Crippen LogP contribution in [-0.4, -0.2) is 106 Å². The normalized spacial score (nSPS) is 32.7. The summed E-state index contributed by atoms with van der Waals surface area (Å²) < 4.78 is 24.0. The van der Waals surface area contributed by atoms with Crippen LogP contribution in [0.3, 0.4) is 0 Å². The Balaban J connectivity index is 1.54. The maximum Gasteiger partial charge on any atom is 0.312 e. The van der Waals surface area contributed by atoms with E-state index in [1.807, 2.05) is 0 Å². The highest BCUT2D eigenvalue weighted by Crippen LogP contribution is 2.50. The second kappa shape index (κ2) is 17.5. The molecule has 1 spiro atoms. The van der Waals surface area contributed by atoms with Crippen LogP contribution in [0.25, 0.3) is 10.8 Å². The van der Waals surface area contributed by atoms with Crippen LogP contribution in [0.15, 0.2) is 46.1 Å². The van der Waals surface area contributed by atoms with Crippen LogP contribution in [-0.2, 0) is 23.8 Å². The van der Waals surface area contributed by atoms with Gasteiger partial charge in [0.2, 0.25) is 0 Å². The Morgan fingerprint density at radius 1 is 0.967 bits per heavy atom. The molecule has 61 heavy (non-hydrogen) atoms. The lowest BCUT2D eigenvalue weighted by Gasteiger charge is -2.38. The number of hydrogen-bond donors (Lipinski definition) is 5. The summed E-state index contributed by atoms with van der Waals surface area (Å²) in [6.07, 6.45) is 5.04. The van der Waals surface area contributed by atoms with Gasteiger partial charge in [-0.3, -0.25) is 24.4 Å².